The summed E-state index contributed by atoms with van der Waals surface area (Å²) in [6.45, 7) is 3.68. The topological polar surface area (TPSA) is 64.6 Å². The molecule has 0 fully saturated rings. The van der Waals surface area contributed by atoms with Gasteiger partial charge in [-0.15, -0.1) is 0 Å². The van der Waals surface area contributed by atoms with Crippen molar-refractivity contribution in [3.8, 4) is 17.3 Å². The molecule has 1 aliphatic rings. The van der Waals surface area contributed by atoms with Gasteiger partial charge in [0.15, 0.2) is 5.82 Å². The van der Waals surface area contributed by atoms with Crippen molar-refractivity contribution in [2.75, 3.05) is 33.9 Å². The number of aromatic nitrogens is 2. The van der Waals surface area contributed by atoms with Crippen LogP contribution in [0.5, 0.6) is 5.88 Å². The monoisotopic (exact) mass is 383 g/mol. The van der Waals surface area contributed by atoms with Crippen LogP contribution in [-0.2, 0) is 22.4 Å². The SMILES string of the molecule is CCOc1nc(-c2ccccc2)nc2c1CCC(C(=O)N(C)CCOC)CC2. The van der Waals surface area contributed by atoms with Crippen LogP contribution in [0.25, 0.3) is 11.4 Å². The van der Waals surface area contributed by atoms with Gasteiger partial charge in [-0.3, -0.25) is 4.79 Å². The van der Waals surface area contributed by atoms with E-state index in [2.05, 4.69) is 4.98 Å². The van der Waals surface area contributed by atoms with Crippen LogP contribution >= 0.6 is 0 Å². The van der Waals surface area contributed by atoms with Gasteiger partial charge in [0.2, 0.25) is 11.8 Å². The summed E-state index contributed by atoms with van der Waals surface area (Å²) in [6.07, 6.45) is 3.10. The number of fused-ring (bicyclic) bond motifs is 1. The highest BCUT2D eigenvalue weighted by Gasteiger charge is 2.28. The minimum Gasteiger partial charge on any atom is -0.478 e. The Balaban J connectivity index is 1.84. The van der Waals surface area contributed by atoms with Crippen molar-refractivity contribution in [3.05, 3.63) is 41.6 Å². The van der Waals surface area contributed by atoms with Crippen LogP contribution in [0.3, 0.4) is 0 Å². The summed E-state index contributed by atoms with van der Waals surface area (Å²) >= 11 is 0. The number of carbonyl (C=O) groups is 1. The summed E-state index contributed by atoms with van der Waals surface area (Å²) in [6, 6.07) is 9.95. The van der Waals surface area contributed by atoms with E-state index in [1.165, 1.54) is 0 Å². The Bertz CT molecular complexity index is 795. The predicted molar refractivity (Wildman–Crippen MR) is 108 cm³/mol. The molecule has 1 amide bonds. The number of rotatable bonds is 7. The Labute approximate surface area is 166 Å². The zero-order valence-corrected chi connectivity index (χ0v) is 17.0. The number of amides is 1. The number of methoxy groups -OCH3 is 1. The number of carbonyl (C=O) groups excluding carboxylic acids is 1. The molecule has 0 aliphatic heterocycles. The van der Waals surface area contributed by atoms with Gasteiger partial charge in [-0.1, -0.05) is 30.3 Å². The number of ether oxygens (including phenoxy) is 2. The van der Waals surface area contributed by atoms with Crippen LogP contribution in [-0.4, -0.2) is 54.7 Å². The van der Waals surface area contributed by atoms with E-state index in [1.54, 1.807) is 12.0 Å². The molecule has 1 heterocycles. The highest BCUT2D eigenvalue weighted by molar-refractivity contribution is 5.78. The molecule has 0 radical (unpaired) electrons. The molecule has 0 bridgehead atoms. The molecule has 3 rings (SSSR count). The number of likely N-dealkylation sites (N-methyl/N-ethyl adjacent to an activating group) is 1. The molecule has 1 aromatic heterocycles. The second kappa shape index (κ2) is 9.64. The molecular weight excluding hydrogens is 354 g/mol. The van der Waals surface area contributed by atoms with Crippen molar-refractivity contribution in [3.63, 3.8) is 0 Å². The first-order valence-corrected chi connectivity index (χ1v) is 9.96. The predicted octanol–water partition coefficient (Wildman–Crippen LogP) is 3.14. The van der Waals surface area contributed by atoms with E-state index in [4.69, 9.17) is 14.5 Å². The first-order valence-electron chi connectivity index (χ1n) is 9.96. The van der Waals surface area contributed by atoms with Gasteiger partial charge in [0, 0.05) is 37.7 Å². The van der Waals surface area contributed by atoms with Crippen LogP contribution in [0.2, 0.25) is 0 Å². The van der Waals surface area contributed by atoms with Crippen LogP contribution in [0.1, 0.15) is 31.0 Å². The van der Waals surface area contributed by atoms with Gasteiger partial charge in [-0.05, 0) is 32.6 Å². The minimum atomic E-state index is -0.00860. The van der Waals surface area contributed by atoms with E-state index >= 15 is 0 Å². The number of nitrogens with zero attached hydrogens (tertiary/aromatic N) is 3. The fraction of sp³-hybridized carbons (Fsp3) is 0.500. The molecule has 1 unspecified atom stereocenters. The molecule has 28 heavy (non-hydrogen) atoms. The summed E-state index contributed by atoms with van der Waals surface area (Å²) in [4.78, 5) is 24.1. The second-order valence-corrected chi connectivity index (χ2v) is 7.10. The molecule has 6 heteroatoms. The maximum atomic E-state index is 12.8. The summed E-state index contributed by atoms with van der Waals surface area (Å²) in [5.41, 5.74) is 3.03. The van der Waals surface area contributed by atoms with Crippen molar-refractivity contribution in [2.45, 2.75) is 32.6 Å². The number of hydrogen-bond acceptors (Lipinski definition) is 5. The lowest BCUT2D eigenvalue weighted by Crippen LogP contribution is -2.35. The standard InChI is InChI=1S/C22H29N3O3/c1-4-28-21-18-12-10-17(22(26)25(2)14-15-27-3)11-13-19(18)23-20(24-21)16-8-6-5-7-9-16/h5-9,17H,4,10-15H2,1-3H3. The molecule has 1 aromatic carbocycles. The van der Waals surface area contributed by atoms with Crippen molar-refractivity contribution < 1.29 is 14.3 Å². The van der Waals surface area contributed by atoms with Gasteiger partial charge in [0.1, 0.15) is 0 Å². The van der Waals surface area contributed by atoms with Crippen molar-refractivity contribution in [2.24, 2.45) is 5.92 Å². The molecule has 0 saturated heterocycles. The molecule has 2 aromatic rings. The van der Waals surface area contributed by atoms with Gasteiger partial charge in [-0.2, -0.15) is 4.98 Å². The number of benzene rings is 1. The Kier molecular flexibility index (Phi) is 6.98. The summed E-state index contributed by atoms with van der Waals surface area (Å²) in [5, 5.41) is 0. The zero-order chi connectivity index (χ0) is 19.9. The summed E-state index contributed by atoms with van der Waals surface area (Å²) in [5.74, 6) is 1.52. The van der Waals surface area contributed by atoms with Crippen LogP contribution < -0.4 is 4.74 Å². The fourth-order valence-corrected chi connectivity index (χ4v) is 3.61. The van der Waals surface area contributed by atoms with Crippen LogP contribution in [0.15, 0.2) is 30.3 Å². The lowest BCUT2D eigenvalue weighted by Gasteiger charge is -2.22. The largest absolute Gasteiger partial charge is 0.478 e. The molecule has 0 N–H and O–H groups in total. The van der Waals surface area contributed by atoms with Crippen LogP contribution in [0, 0.1) is 5.92 Å². The Morgan fingerprint density at radius 1 is 1.18 bits per heavy atom. The van der Waals surface area contributed by atoms with Crippen LogP contribution in [0.4, 0.5) is 0 Å². The van der Waals surface area contributed by atoms with Crippen molar-refractivity contribution in [1.82, 2.24) is 14.9 Å². The second-order valence-electron chi connectivity index (χ2n) is 7.10. The maximum absolute atomic E-state index is 12.8. The summed E-state index contributed by atoms with van der Waals surface area (Å²) in [7, 11) is 3.50. The third kappa shape index (κ3) is 4.68. The Hall–Kier alpha value is -2.47. The third-order valence-corrected chi connectivity index (χ3v) is 5.20. The molecular formula is C22H29N3O3. The minimum absolute atomic E-state index is 0.00860. The normalized spacial score (nSPS) is 16.2. The number of hydrogen-bond donors (Lipinski definition) is 0. The van der Waals surface area contributed by atoms with E-state index in [1.807, 2.05) is 44.3 Å². The first kappa shape index (κ1) is 20.3. The average molecular weight is 383 g/mol. The van der Waals surface area contributed by atoms with Crippen molar-refractivity contribution in [1.29, 1.82) is 0 Å². The zero-order valence-electron chi connectivity index (χ0n) is 17.0. The summed E-state index contributed by atoms with van der Waals surface area (Å²) < 4.78 is 10.9. The van der Waals surface area contributed by atoms with Gasteiger partial charge >= 0.3 is 0 Å². The highest BCUT2D eigenvalue weighted by Crippen LogP contribution is 2.31. The van der Waals surface area contributed by atoms with E-state index < -0.39 is 0 Å². The van der Waals surface area contributed by atoms with E-state index in [0.717, 1.165) is 42.5 Å². The average Bonchev–Trinajstić information content (AvgIpc) is 2.95. The Morgan fingerprint density at radius 2 is 1.93 bits per heavy atom. The lowest BCUT2D eigenvalue weighted by atomic mass is 9.98. The fourth-order valence-electron chi connectivity index (χ4n) is 3.61. The third-order valence-electron chi connectivity index (χ3n) is 5.20. The molecule has 1 aliphatic carbocycles. The van der Waals surface area contributed by atoms with Gasteiger partial charge in [-0.25, -0.2) is 4.98 Å². The van der Waals surface area contributed by atoms with E-state index in [-0.39, 0.29) is 11.8 Å². The Morgan fingerprint density at radius 3 is 2.64 bits per heavy atom. The molecule has 1 atom stereocenters. The maximum Gasteiger partial charge on any atom is 0.225 e. The van der Waals surface area contributed by atoms with Gasteiger partial charge in [0.25, 0.3) is 0 Å². The first-order chi connectivity index (χ1) is 13.6. The molecule has 0 spiro atoms. The lowest BCUT2D eigenvalue weighted by molar-refractivity contribution is -0.135. The number of aryl methyl sites for hydroxylation is 1. The van der Waals surface area contributed by atoms with E-state index in [0.29, 0.717) is 31.5 Å². The molecule has 150 valence electrons. The van der Waals surface area contributed by atoms with E-state index in [9.17, 15) is 4.79 Å². The van der Waals surface area contributed by atoms with Gasteiger partial charge in [0.05, 0.1) is 18.9 Å². The van der Waals surface area contributed by atoms with Crippen molar-refractivity contribution >= 4 is 5.91 Å². The quantitative estimate of drug-likeness (QED) is 0.687. The van der Waals surface area contributed by atoms with Gasteiger partial charge < -0.3 is 14.4 Å². The smallest absolute Gasteiger partial charge is 0.225 e. The molecule has 0 saturated carbocycles. The highest BCUT2D eigenvalue weighted by atomic mass is 16.5. The molecule has 6 nitrogen and oxygen atoms in total.